The molecule has 0 bridgehead atoms. The van der Waals surface area contributed by atoms with Gasteiger partial charge in [-0.05, 0) is 12.5 Å². The van der Waals surface area contributed by atoms with Crippen molar-refractivity contribution in [2.75, 3.05) is 6.61 Å². The molecular weight excluding hydrogens is 259 g/mol. The summed E-state index contributed by atoms with van der Waals surface area (Å²) in [5, 5.41) is 1.05. The van der Waals surface area contributed by atoms with E-state index in [1.54, 1.807) is 24.3 Å². The molecule has 0 atom stereocenters. The molecule has 19 heavy (non-hydrogen) atoms. The number of hydrogen-bond donors (Lipinski definition) is 1. The van der Waals surface area contributed by atoms with Crippen LogP contribution in [0.25, 0.3) is 10.8 Å². The Morgan fingerprint density at radius 3 is 2.53 bits per heavy atom. The van der Waals surface area contributed by atoms with Gasteiger partial charge in [-0.2, -0.15) is 13.2 Å². The number of nitrogens with one attached hydrogen (secondary N) is 1. The van der Waals surface area contributed by atoms with Crippen molar-refractivity contribution >= 4 is 10.8 Å². The molecule has 0 aliphatic rings. The molecule has 0 aliphatic heterocycles. The first-order valence-electron chi connectivity index (χ1n) is 5.77. The topological polar surface area (TPSA) is 42.1 Å². The number of aromatic nitrogens is 1. The fourth-order valence-corrected chi connectivity index (χ4v) is 1.76. The van der Waals surface area contributed by atoms with E-state index in [4.69, 9.17) is 4.74 Å². The van der Waals surface area contributed by atoms with Crippen LogP contribution in [0.1, 0.15) is 12.8 Å². The third-order valence-electron chi connectivity index (χ3n) is 2.63. The van der Waals surface area contributed by atoms with Crippen LogP contribution < -0.4 is 10.3 Å². The number of rotatable bonds is 4. The number of benzene rings is 1. The predicted octanol–water partition coefficient (Wildman–Crippen LogP) is 3.25. The Morgan fingerprint density at radius 2 is 1.84 bits per heavy atom. The zero-order valence-electron chi connectivity index (χ0n) is 9.96. The Balaban J connectivity index is 2.09. The van der Waals surface area contributed by atoms with Crippen LogP contribution in [0.3, 0.4) is 0 Å². The third-order valence-corrected chi connectivity index (χ3v) is 2.63. The van der Waals surface area contributed by atoms with Crippen molar-refractivity contribution in [3.8, 4) is 5.75 Å². The number of alkyl halides is 3. The quantitative estimate of drug-likeness (QED) is 0.867. The van der Waals surface area contributed by atoms with E-state index in [9.17, 15) is 18.0 Å². The van der Waals surface area contributed by atoms with Crippen molar-refractivity contribution < 1.29 is 17.9 Å². The maximum absolute atomic E-state index is 12.0. The number of aromatic amines is 1. The summed E-state index contributed by atoms with van der Waals surface area (Å²) >= 11 is 0. The van der Waals surface area contributed by atoms with Gasteiger partial charge in [0.15, 0.2) is 0 Å². The highest BCUT2D eigenvalue weighted by Gasteiger charge is 2.26. The summed E-state index contributed by atoms with van der Waals surface area (Å²) in [6, 6.07) is 6.79. The highest BCUT2D eigenvalue weighted by molar-refractivity contribution is 5.86. The SMILES string of the molecule is O=c1[nH]cc(OCCCC(F)(F)F)c2ccccc12. The minimum atomic E-state index is -4.17. The molecule has 102 valence electrons. The van der Waals surface area contributed by atoms with Crippen molar-refractivity contribution in [1.82, 2.24) is 4.98 Å². The first kappa shape index (κ1) is 13.5. The van der Waals surface area contributed by atoms with Crippen molar-refractivity contribution in [3.05, 3.63) is 40.8 Å². The van der Waals surface area contributed by atoms with Crippen LogP contribution >= 0.6 is 0 Å². The van der Waals surface area contributed by atoms with Crippen LogP contribution in [0, 0.1) is 0 Å². The van der Waals surface area contributed by atoms with Gasteiger partial charge in [-0.25, -0.2) is 0 Å². The van der Waals surface area contributed by atoms with E-state index in [1.165, 1.54) is 6.20 Å². The van der Waals surface area contributed by atoms with E-state index in [0.717, 1.165) is 0 Å². The average Bonchev–Trinajstić information content (AvgIpc) is 2.36. The Hall–Kier alpha value is -1.98. The van der Waals surface area contributed by atoms with Gasteiger partial charge in [0, 0.05) is 18.0 Å². The fraction of sp³-hybridized carbons (Fsp3) is 0.308. The number of ether oxygens (including phenoxy) is 1. The van der Waals surface area contributed by atoms with E-state index < -0.39 is 12.6 Å². The molecule has 1 aromatic carbocycles. The highest BCUT2D eigenvalue weighted by atomic mass is 19.4. The number of hydrogen-bond acceptors (Lipinski definition) is 2. The minimum Gasteiger partial charge on any atom is -0.491 e. The number of fused-ring (bicyclic) bond motifs is 1. The lowest BCUT2D eigenvalue weighted by atomic mass is 10.1. The van der Waals surface area contributed by atoms with Gasteiger partial charge >= 0.3 is 6.18 Å². The van der Waals surface area contributed by atoms with Crippen molar-refractivity contribution in [2.45, 2.75) is 19.0 Å². The van der Waals surface area contributed by atoms with Gasteiger partial charge < -0.3 is 9.72 Å². The summed E-state index contributed by atoms with van der Waals surface area (Å²) in [5.74, 6) is 0.386. The lowest BCUT2D eigenvalue weighted by molar-refractivity contribution is -0.136. The molecule has 1 heterocycles. The Kier molecular flexibility index (Phi) is 3.78. The van der Waals surface area contributed by atoms with Gasteiger partial charge in [-0.1, -0.05) is 18.2 Å². The third kappa shape index (κ3) is 3.49. The standard InChI is InChI=1S/C13H12F3NO2/c14-13(15,16)6-3-7-19-11-8-17-12(18)10-5-2-1-4-9(10)11/h1-2,4-5,8H,3,6-7H2,(H,17,18). The lowest BCUT2D eigenvalue weighted by Gasteiger charge is -2.09. The predicted molar refractivity (Wildman–Crippen MR) is 65.4 cm³/mol. The van der Waals surface area contributed by atoms with Gasteiger partial charge in [0.25, 0.3) is 5.56 Å². The maximum Gasteiger partial charge on any atom is 0.389 e. The molecule has 0 unspecified atom stereocenters. The van der Waals surface area contributed by atoms with E-state index >= 15 is 0 Å². The van der Waals surface area contributed by atoms with Gasteiger partial charge in [-0.3, -0.25) is 4.79 Å². The molecular formula is C13H12F3NO2. The summed E-state index contributed by atoms with van der Waals surface area (Å²) in [4.78, 5) is 14.0. The first-order valence-corrected chi connectivity index (χ1v) is 5.77. The van der Waals surface area contributed by atoms with Crippen LogP contribution in [0.4, 0.5) is 13.2 Å². The van der Waals surface area contributed by atoms with E-state index in [2.05, 4.69) is 4.98 Å². The van der Waals surface area contributed by atoms with Crippen molar-refractivity contribution in [1.29, 1.82) is 0 Å². The molecule has 0 amide bonds. The molecule has 0 saturated heterocycles. The molecule has 3 nitrogen and oxygen atoms in total. The highest BCUT2D eigenvalue weighted by Crippen LogP contribution is 2.24. The normalized spacial score (nSPS) is 11.7. The zero-order valence-corrected chi connectivity index (χ0v) is 9.96. The van der Waals surface area contributed by atoms with Gasteiger partial charge in [0.05, 0.1) is 12.0 Å². The largest absolute Gasteiger partial charge is 0.491 e. The van der Waals surface area contributed by atoms with Crippen LogP contribution in [-0.4, -0.2) is 17.8 Å². The Labute approximate surface area is 107 Å². The second kappa shape index (κ2) is 5.34. The second-order valence-electron chi connectivity index (χ2n) is 4.09. The van der Waals surface area contributed by atoms with Crippen LogP contribution in [-0.2, 0) is 0 Å². The van der Waals surface area contributed by atoms with E-state index in [-0.39, 0.29) is 18.6 Å². The maximum atomic E-state index is 12.0. The molecule has 0 spiro atoms. The van der Waals surface area contributed by atoms with Crippen LogP contribution in [0.15, 0.2) is 35.3 Å². The van der Waals surface area contributed by atoms with Gasteiger partial charge in [0.1, 0.15) is 5.75 Å². The fourth-order valence-electron chi connectivity index (χ4n) is 1.76. The van der Waals surface area contributed by atoms with Crippen LogP contribution in [0.2, 0.25) is 0 Å². The molecule has 2 aromatic rings. The lowest BCUT2D eigenvalue weighted by Crippen LogP contribution is -2.11. The summed E-state index contributed by atoms with van der Waals surface area (Å²) < 4.78 is 41.3. The molecule has 6 heteroatoms. The molecule has 1 aromatic heterocycles. The molecule has 2 rings (SSSR count). The van der Waals surface area contributed by atoms with Gasteiger partial charge in [0.2, 0.25) is 0 Å². The van der Waals surface area contributed by atoms with E-state index in [1.807, 2.05) is 0 Å². The Morgan fingerprint density at radius 1 is 1.16 bits per heavy atom. The number of H-pyrrole nitrogens is 1. The second-order valence-corrected chi connectivity index (χ2v) is 4.09. The summed E-state index contributed by atoms with van der Waals surface area (Å²) in [7, 11) is 0. The average molecular weight is 271 g/mol. The first-order chi connectivity index (χ1) is 8.97. The molecule has 1 N–H and O–H groups in total. The van der Waals surface area contributed by atoms with Crippen molar-refractivity contribution in [3.63, 3.8) is 0 Å². The smallest absolute Gasteiger partial charge is 0.389 e. The number of halogens is 3. The number of pyridine rings is 1. The van der Waals surface area contributed by atoms with Gasteiger partial charge in [-0.15, -0.1) is 0 Å². The molecule has 0 saturated carbocycles. The minimum absolute atomic E-state index is 0.0461. The van der Waals surface area contributed by atoms with Crippen molar-refractivity contribution in [2.24, 2.45) is 0 Å². The molecule has 0 aliphatic carbocycles. The summed E-state index contributed by atoms with van der Waals surface area (Å²) in [5.41, 5.74) is -0.252. The van der Waals surface area contributed by atoms with Crippen LogP contribution in [0.5, 0.6) is 5.75 Å². The zero-order chi connectivity index (χ0) is 13.9. The monoisotopic (exact) mass is 271 g/mol. The summed E-state index contributed by atoms with van der Waals surface area (Å²) in [6.45, 7) is -0.0461. The Bertz CT molecular complexity index is 619. The van der Waals surface area contributed by atoms with E-state index in [0.29, 0.717) is 16.5 Å². The summed E-state index contributed by atoms with van der Waals surface area (Å²) in [6.07, 6.45) is -3.79. The molecule has 0 radical (unpaired) electrons. The molecule has 0 fully saturated rings.